The fourth-order valence-corrected chi connectivity index (χ4v) is 2.01. The van der Waals surface area contributed by atoms with Crippen LogP contribution in [0.5, 0.6) is 0 Å². The van der Waals surface area contributed by atoms with E-state index in [0.29, 0.717) is 12.6 Å². The normalized spacial score (nSPS) is 15.4. The van der Waals surface area contributed by atoms with Crippen molar-refractivity contribution >= 4 is 12.6 Å². The Labute approximate surface area is 138 Å². The molecule has 5 heteroatoms. The standard InChI is InChI=1S/C13H17NO2.C4H8.CH2O2/c1-11-6-5-9-14(11)13(15)16-10-12-7-3-2-4-8-12;1-4(2)3;2-1-3/h2-4,7-8,11H,5-6,9-10H2,1H3;1H2,2-3H3;1H,(H,2,3). The molecule has 0 radical (unpaired) electrons. The van der Waals surface area contributed by atoms with Crippen LogP contribution >= 0.6 is 0 Å². The van der Waals surface area contributed by atoms with Gasteiger partial charge < -0.3 is 14.7 Å². The number of carbonyl (C=O) groups excluding carboxylic acids is 1. The molecule has 0 saturated carbocycles. The molecule has 0 aromatic heterocycles. The van der Waals surface area contributed by atoms with Crippen LogP contribution in [-0.4, -0.2) is 35.2 Å². The van der Waals surface area contributed by atoms with Crippen LogP contribution < -0.4 is 0 Å². The van der Waals surface area contributed by atoms with Crippen molar-refractivity contribution in [2.75, 3.05) is 6.54 Å². The zero-order valence-corrected chi connectivity index (χ0v) is 14.2. The third-order valence-electron chi connectivity index (χ3n) is 2.99. The lowest BCUT2D eigenvalue weighted by Crippen LogP contribution is -2.33. The summed E-state index contributed by atoms with van der Waals surface area (Å²) in [5.74, 6) is 0. The van der Waals surface area contributed by atoms with Gasteiger partial charge in [-0.3, -0.25) is 4.79 Å². The molecule has 128 valence electrons. The first-order chi connectivity index (χ1) is 10.9. The van der Waals surface area contributed by atoms with E-state index in [0.717, 1.165) is 24.9 Å². The van der Waals surface area contributed by atoms with Crippen LogP contribution in [-0.2, 0) is 16.1 Å². The van der Waals surface area contributed by atoms with Crippen LogP contribution in [0.2, 0.25) is 0 Å². The fourth-order valence-electron chi connectivity index (χ4n) is 2.01. The van der Waals surface area contributed by atoms with Crippen LogP contribution in [0.3, 0.4) is 0 Å². The average Bonchev–Trinajstić information content (AvgIpc) is 2.92. The Hall–Kier alpha value is -2.30. The van der Waals surface area contributed by atoms with E-state index in [1.807, 2.05) is 49.1 Å². The number of allylic oxidation sites excluding steroid dienone is 1. The molecule has 0 spiro atoms. The Balaban J connectivity index is 0.000000591. The van der Waals surface area contributed by atoms with Gasteiger partial charge in [-0.15, -0.1) is 6.58 Å². The van der Waals surface area contributed by atoms with Crippen molar-refractivity contribution in [1.29, 1.82) is 0 Å². The lowest BCUT2D eigenvalue weighted by atomic mass is 10.2. The number of carboxylic acid groups (broad SMARTS) is 1. The SMILES string of the molecule is C=C(C)C.CC1CCCN1C(=O)OCc1ccccc1.O=CO. The van der Waals surface area contributed by atoms with E-state index in [-0.39, 0.29) is 12.6 Å². The molecule has 0 bridgehead atoms. The van der Waals surface area contributed by atoms with Crippen LogP contribution in [0, 0.1) is 0 Å². The molecule has 1 N–H and O–H groups in total. The highest BCUT2D eigenvalue weighted by Gasteiger charge is 2.25. The maximum absolute atomic E-state index is 11.7. The fraction of sp³-hybridized carbons (Fsp3) is 0.444. The summed E-state index contributed by atoms with van der Waals surface area (Å²) >= 11 is 0. The molecule has 1 heterocycles. The molecule has 1 aromatic rings. The van der Waals surface area contributed by atoms with Gasteiger partial charge in [0, 0.05) is 12.6 Å². The molecule has 0 aliphatic carbocycles. The molecule has 1 unspecified atom stereocenters. The summed E-state index contributed by atoms with van der Waals surface area (Å²) in [6.07, 6.45) is 1.98. The van der Waals surface area contributed by atoms with Gasteiger partial charge in [0.25, 0.3) is 6.47 Å². The van der Waals surface area contributed by atoms with Crippen molar-refractivity contribution in [2.45, 2.75) is 46.3 Å². The van der Waals surface area contributed by atoms with E-state index in [1.165, 1.54) is 5.57 Å². The molecular formula is C18H27NO4. The van der Waals surface area contributed by atoms with E-state index < -0.39 is 0 Å². The largest absolute Gasteiger partial charge is 0.483 e. The van der Waals surface area contributed by atoms with E-state index in [4.69, 9.17) is 14.6 Å². The number of rotatable bonds is 2. The van der Waals surface area contributed by atoms with Gasteiger partial charge in [-0.2, -0.15) is 0 Å². The topological polar surface area (TPSA) is 66.8 Å². The molecule has 1 fully saturated rings. The first-order valence-corrected chi connectivity index (χ1v) is 7.59. The zero-order valence-electron chi connectivity index (χ0n) is 14.2. The summed E-state index contributed by atoms with van der Waals surface area (Å²) in [7, 11) is 0. The van der Waals surface area contributed by atoms with E-state index in [9.17, 15) is 4.79 Å². The molecule has 1 atom stereocenters. The van der Waals surface area contributed by atoms with Crippen molar-refractivity contribution in [3.8, 4) is 0 Å². The molecule has 1 amide bonds. The molecule has 1 aromatic carbocycles. The van der Waals surface area contributed by atoms with Crippen molar-refractivity contribution < 1.29 is 19.4 Å². The second-order valence-corrected chi connectivity index (χ2v) is 5.54. The van der Waals surface area contributed by atoms with E-state index in [2.05, 4.69) is 13.5 Å². The molecule has 23 heavy (non-hydrogen) atoms. The van der Waals surface area contributed by atoms with Crippen molar-refractivity contribution in [3.05, 3.63) is 48.0 Å². The Morgan fingerprint density at radius 2 is 1.91 bits per heavy atom. The van der Waals surface area contributed by atoms with E-state index >= 15 is 0 Å². The minimum absolute atomic E-state index is 0.186. The summed E-state index contributed by atoms with van der Waals surface area (Å²) in [5.41, 5.74) is 2.20. The Bertz CT molecular complexity index is 469. The molecule has 2 rings (SSSR count). The number of benzene rings is 1. The second-order valence-electron chi connectivity index (χ2n) is 5.54. The van der Waals surface area contributed by atoms with Gasteiger partial charge in [0.05, 0.1) is 0 Å². The summed E-state index contributed by atoms with van der Waals surface area (Å²) in [4.78, 5) is 21.9. The molecule has 1 aliphatic rings. The Morgan fingerprint density at radius 3 is 2.35 bits per heavy atom. The van der Waals surface area contributed by atoms with Crippen LogP contribution in [0.1, 0.15) is 39.2 Å². The van der Waals surface area contributed by atoms with Gasteiger partial charge in [-0.25, -0.2) is 4.79 Å². The Kier molecular flexibility index (Phi) is 11.0. The lowest BCUT2D eigenvalue weighted by molar-refractivity contribution is -0.122. The van der Waals surface area contributed by atoms with Crippen LogP contribution in [0.4, 0.5) is 4.79 Å². The van der Waals surface area contributed by atoms with E-state index in [1.54, 1.807) is 0 Å². The number of nitrogens with zero attached hydrogens (tertiary/aromatic N) is 1. The van der Waals surface area contributed by atoms with Gasteiger partial charge in [-0.05, 0) is 39.2 Å². The molecule has 5 nitrogen and oxygen atoms in total. The van der Waals surface area contributed by atoms with Crippen molar-refractivity contribution in [1.82, 2.24) is 4.90 Å². The maximum Gasteiger partial charge on any atom is 0.410 e. The molecular weight excluding hydrogens is 294 g/mol. The second kappa shape index (κ2) is 12.3. The predicted octanol–water partition coefficient (Wildman–Crippen LogP) is 4.09. The average molecular weight is 321 g/mol. The number of likely N-dealkylation sites (tertiary alicyclic amines) is 1. The first-order valence-electron chi connectivity index (χ1n) is 7.59. The number of hydrogen-bond donors (Lipinski definition) is 1. The van der Waals surface area contributed by atoms with Gasteiger partial charge in [-0.1, -0.05) is 35.9 Å². The number of ether oxygens (including phenoxy) is 1. The number of carbonyl (C=O) groups is 2. The lowest BCUT2D eigenvalue weighted by Gasteiger charge is -2.20. The third kappa shape index (κ3) is 10.1. The smallest absolute Gasteiger partial charge is 0.410 e. The number of amides is 1. The minimum atomic E-state index is -0.250. The van der Waals surface area contributed by atoms with Gasteiger partial charge >= 0.3 is 6.09 Å². The monoisotopic (exact) mass is 321 g/mol. The van der Waals surface area contributed by atoms with Crippen molar-refractivity contribution in [2.24, 2.45) is 0 Å². The van der Waals surface area contributed by atoms with Crippen LogP contribution in [0.25, 0.3) is 0 Å². The van der Waals surface area contributed by atoms with Crippen molar-refractivity contribution in [3.63, 3.8) is 0 Å². The summed E-state index contributed by atoms with van der Waals surface area (Å²) < 4.78 is 5.27. The van der Waals surface area contributed by atoms with Crippen LogP contribution in [0.15, 0.2) is 42.5 Å². The summed E-state index contributed by atoms with van der Waals surface area (Å²) in [5, 5.41) is 6.89. The quantitative estimate of drug-likeness (QED) is 0.658. The zero-order chi connectivity index (χ0) is 17.7. The maximum atomic E-state index is 11.7. The minimum Gasteiger partial charge on any atom is -0.483 e. The summed E-state index contributed by atoms with van der Waals surface area (Å²) in [6, 6.07) is 10.1. The first kappa shape index (κ1) is 20.7. The predicted molar refractivity (Wildman–Crippen MR) is 91.2 cm³/mol. The highest BCUT2D eigenvalue weighted by molar-refractivity contribution is 5.68. The summed E-state index contributed by atoms with van der Waals surface area (Å²) in [6.45, 7) is 10.5. The third-order valence-corrected chi connectivity index (χ3v) is 2.99. The molecule has 1 saturated heterocycles. The van der Waals surface area contributed by atoms with Gasteiger partial charge in [0.15, 0.2) is 0 Å². The molecule has 1 aliphatic heterocycles. The van der Waals surface area contributed by atoms with Gasteiger partial charge in [0.2, 0.25) is 0 Å². The highest BCUT2D eigenvalue weighted by Crippen LogP contribution is 2.17. The number of hydrogen-bond acceptors (Lipinski definition) is 3. The highest BCUT2D eigenvalue weighted by atomic mass is 16.6. The van der Waals surface area contributed by atoms with Gasteiger partial charge in [0.1, 0.15) is 6.61 Å². The Morgan fingerprint density at radius 1 is 1.39 bits per heavy atom.